The third-order valence-electron chi connectivity index (χ3n) is 4.64. The van der Waals surface area contributed by atoms with Gasteiger partial charge in [0.2, 0.25) is 5.95 Å². The van der Waals surface area contributed by atoms with Gasteiger partial charge in [-0.25, -0.2) is 9.97 Å². The molecular weight excluding hydrogens is 346 g/mol. The van der Waals surface area contributed by atoms with Gasteiger partial charge in [-0.2, -0.15) is 0 Å². The highest BCUT2D eigenvalue weighted by Crippen LogP contribution is 2.39. The number of rotatable bonds is 5. The second kappa shape index (κ2) is 7.44. The van der Waals surface area contributed by atoms with Crippen LogP contribution < -0.4 is 5.32 Å². The Balaban J connectivity index is 1.86. The average Bonchev–Trinajstić information content (AvgIpc) is 2.68. The number of hydrogen-bond donors (Lipinski definition) is 2. The molecule has 0 unspecified atom stereocenters. The molecule has 2 N–H and O–H groups in total. The molecule has 4 rings (SSSR count). The molecule has 5 heteroatoms. The molecule has 1 aliphatic carbocycles. The molecule has 3 aromatic rings. The highest BCUT2D eigenvalue weighted by Gasteiger charge is 2.23. The SMILES string of the molecule is OCCCNc1nc2c(c(-c3ccc(Cl)cc3)n1)-c1ccccc1CC2. The van der Waals surface area contributed by atoms with Crippen LogP contribution in [0.25, 0.3) is 22.4 Å². The molecular formula is C21H20ClN3O. The predicted molar refractivity (Wildman–Crippen MR) is 106 cm³/mol. The lowest BCUT2D eigenvalue weighted by Gasteiger charge is -2.22. The zero-order valence-electron chi connectivity index (χ0n) is 14.4. The summed E-state index contributed by atoms with van der Waals surface area (Å²) in [4.78, 5) is 9.57. The molecule has 0 atom stereocenters. The van der Waals surface area contributed by atoms with E-state index in [1.807, 2.05) is 24.3 Å². The van der Waals surface area contributed by atoms with Crippen LogP contribution in [0.2, 0.25) is 5.02 Å². The minimum atomic E-state index is 0.148. The van der Waals surface area contributed by atoms with E-state index >= 15 is 0 Å². The summed E-state index contributed by atoms with van der Waals surface area (Å²) in [6, 6.07) is 16.2. The molecule has 2 aromatic carbocycles. The largest absolute Gasteiger partial charge is 0.396 e. The Morgan fingerprint density at radius 2 is 1.81 bits per heavy atom. The molecule has 0 amide bonds. The van der Waals surface area contributed by atoms with Gasteiger partial charge < -0.3 is 10.4 Å². The Morgan fingerprint density at radius 3 is 2.62 bits per heavy atom. The van der Waals surface area contributed by atoms with Crippen LogP contribution in [-0.2, 0) is 12.8 Å². The van der Waals surface area contributed by atoms with Gasteiger partial charge >= 0.3 is 0 Å². The first-order valence-corrected chi connectivity index (χ1v) is 9.24. The van der Waals surface area contributed by atoms with Gasteiger partial charge in [0.05, 0.1) is 11.4 Å². The summed E-state index contributed by atoms with van der Waals surface area (Å²) < 4.78 is 0. The number of aliphatic hydroxyl groups is 1. The maximum atomic E-state index is 9.01. The van der Waals surface area contributed by atoms with Gasteiger partial charge in [0.15, 0.2) is 0 Å². The van der Waals surface area contributed by atoms with Gasteiger partial charge in [0.25, 0.3) is 0 Å². The smallest absolute Gasteiger partial charge is 0.223 e. The summed E-state index contributed by atoms with van der Waals surface area (Å²) in [5.41, 5.74) is 6.66. The predicted octanol–water partition coefficient (Wildman–Crippen LogP) is 4.36. The van der Waals surface area contributed by atoms with E-state index in [-0.39, 0.29) is 6.61 Å². The first-order valence-electron chi connectivity index (χ1n) is 8.86. The van der Waals surface area contributed by atoms with Gasteiger partial charge in [-0.15, -0.1) is 0 Å². The number of aryl methyl sites for hydroxylation is 2. The number of nitrogens with one attached hydrogen (secondary N) is 1. The fourth-order valence-electron chi connectivity index (χ4n) is 3.38. The van der Waals surface area contributed by atoms with Crippen LogP contribution in [-0.4, -0.2) is 28.2 Å². The number of halogens is 1. The van der Waals surface area contributed by atoms with Crippen LogP contribution in [0.1, 0.15) is 17.7 Å². The molecule has 26 heavy (non-hydrogen) atoms. The highest BCUT2D eigenvalue weighted by atomic mass is 35.5. The molecule has 0 radical (unpaired) electrons. The first-order chi connectivity index (χ1) is 12.8. The highest BCUT2D eigenvalue weighted by molar-refractivity contribution is 6.30. The molecule has 1 aromatic heterocycles. The van der Waals surface area contributed by atoms with Crippen molar-refractivity contribution >= 4 is 17.5 Å². The molecule has 1 heterocycles. The minimum absolute atomic E-state index is 0.148. The second-order valence-corrected chi connectivity index (χ2v) is 6.82. The summed E-state index contributed by atoms with van der Waals surface area (Å²) in [7, 11) is 0. The van der Waals surface area contributed by atoms with E-state index in [0.29, 0.717) is 23.9 Å². The van der Waals surface area contributed by atoms with Crippen molar-refractivity contribution in [3.8, 4) is 22.4 Å². The maximum absolute atomic E-state index is 9.01. The Bertz CT molecular complexity index is 925. The zero-order valence-corrected chi connectivity index (χ0v) is 15.1. The Labute approximate surface area is 157 Å². The van der Waals surface area contributed by atoms with Crippen molar-refractivity contribution in [2.75, 3.05) is 18.5 Å². The summed E-state index contributed by atoms with van der Waals surface area (Å²) in [5.74, 6) is 0.613. The Hall–Kier alpha value is -2.43. The summed E-state index contributed by atoms with van der Waals surface area (Å²) >= 11 is 6.07. The van der Waals surface area contributed by atoms with Crippen LogP contribution in [0.4, 0.5) is 5.95 Å². The molecule has 0 fully saturated rings. The monoisotopic (exact) mass is 365 g/mol. The summed E-state index contributed by atoms with van der Waals surface area (Å²) in [6.45, 7) is 0.793. The van der Waals surface area contributed by atoms with Crippen LogP contribution >= 0.6 is 11.6 Å². The molecule has 132 valence electrons. The first kappa shape index (κ1) is 17.0. The van der Waals surface area contributed by atoms with Crippen molar-refractivity contribution < 1.29 is 5.11 Å². The van der Waals surface area contributed by atoms with E-state index in [2.05, 4.69) is 29.6 Å². The van der Waals surface area contributed by atoms with E-state index < -0.39 is 0 Å². The van der Waals surface area contributed by atoms with Crippen LogP contribution in [0.5, 0.6) is 0 Å². The molecule has 0 bridgehead atoms. The topological polar surface area (TPSA) is 58.0 Å². The van der Waals surface area contributed by atoms with Crippen molar-refractivity contribution in [1.82, 2.24) is 9.97 Å². The lowest BCUT2D eigenvalue weighted by atomic mass is 9.86. The minimum Gasteiger partial charge on any atom is -0.396 e. The molecule has 0 saturated heterocycles. The quantitative estimate of drug-likeness (QED) is 0.660. The number of aliphatic hydroxyl groups excluding tert-OH is 1. The van der Waals surface area contributed by atoms with Gasteiger partial charge in [0, 0.05) is 29.3 Å². The molecule has 1 aliphatic rings. The third kappa shape index (κ3) is 3.30. The van der Waals surface area contributed by atoms with Crippen molar-refractivity contribution in [3.05, 3.63) is 64.8 Å². The third-order valence-corrected chi connectivity index (χ3v) is 4.89. The molecule has 4 nitrogen and oxygen atoms in total. The number of aromatic nitrogens is 2. The fraction of sp³-hybridized carbons (Fsp3) is 0.238. The van der Waals surface area contributed by atoms with Gasteiger partial charge in [-0.3, -0.25) is 0 Å². The van der Waals surface area contributed by atoms with Crippen LogP contribution in [0, 0.1) is 0 Å². The number of nitrogens with zero attached hydrogens (tertiary/aromatic N) is 2. The molecule has 0 spiro atoms. The Kier molecular flexibility index (Phi) is 4.87. The van der Waals surface area contributed by atoms with E-state index in [1.165, 1.54) is 11.1 Å². The number of benzene rings is 2. The standard InChI is InChI=1S/C21H20ClN3O/c22-16-9-6-15(7-10-16)20-19-17-5-2-1-4-14(17)8-11-18(19)24-21(25-20)23-12-3-13-26/h1-2,4-7,9-10,26H,3,8,11-13H2,(H,23,24,25). The van der Waals surface area contributed by atoms with E-state index in [4.69, 9.17) is 26.7 Å². The maximum Gasteiger partial charge on any atom is 0.223 e. The number of hydrogen-bond acceptors (Lipinski definition) is 4. The molecule has 0 saturated carbocycles. The van der Waals surface area contributed by atoms with Gasteiger partial charge in [-0.05, 0) is 42.5 Å². The van der Waals surface area contributed by atoms with Crippen molar-refractivity contribution in [3.63, 3.8) is 0 Å². The number of fused-ring (bicyclic) bond motifs is 3. The lowest BCUT2D eigenvalue weighted by molar-refractivity contribution is 0.292. The van der Waals surface area contributed by atoms with Crippen molar-refractivity contribution in [2.24, 2.45) is 0 Å². The fourth-order valence-corrected chi connectivity index (χ4v) is 3.51. The molecule has 0 aliphatic heterocycles. The van der Waals surface area contributed by atoms with Crippen LogP contribution in [0.3, 0.4) is 0 Å². The Morgan fingerprint density at radius 1 is 1.00 bits per heavy atom. The summed E-state index contributed by atoms with van der Waals surface area (Å²) in [5, 5.41) is 13.0. The van der Waals surface area contributed by atoms with E-state index in [0.717, 1.165) is 35.4 Å². The van der Waals surface area contributed by atoms with Crippen LogP contribution in [0.15, 0.2) is 48.5 Å². The van der Waals surface area contributed by atoms with Gasteiger partial charge in [0.1, 0.15) is 0 Å². The normalized spacial score (nSPS) is 12.4. The van der Waals surface area contributed by atoms with E-state index in [9.17, 15) is 0 Å². The van der Waals surface area contributed by atoms with E-state index in [1.54, 1.807) is 0 Å². The zero-order chi connectivity index (χ0) is 17.9. The lowest BCUT2D eigenvalue weighted by Crippen LogP contribution is -2.13. The van der Waals surface area contributed by atoms with Gasteiger partial charge in [-0.1, -0.05) is 48.0 Å². The van der Waals surface area contributed by atoms with Crippen molar-refractivity contribution in [1.29, 1.82) is 0 Å². The van der Waals surface area contributed by atoms with Crippen molar-refractivity contribution in [2.45, 2.75) is 19.3 Å². The number of anilines is 1. The summed E-state index contributed by atoms with van der Waals surface area (Å²) in [6.07, 6.45) is 2.54. The second-order valence-electron chi connectivity index (χ2n) is 6.39. The average molecular weight is 366 g/mol.